The van der Waals surface area contributed by atoms with Gasteiger partial charge in [0.1, 0.15) is 6.04 Å². The molecule has 1 aromatic heterocycles. The number of carbonyl (C=O) groups excluding carboxylic acids is 1. The fourth-order valence-electron chi connectivity index (χ4n) is 2.07. The van der Waals surface area contributed by atoms with Gasteiger partial charge in [0.2, 0.25) is 15.9 Å². The summed E-state index contributed by atoms with van der Waals surface area (Å²) in [7, 11) is -3.46. The molecular formula is C15H16Cl2N4O4S. The van der Waals surface area contributed by atoms with Crippen molar-refractivity contribution in [3.8, 4) is 0 Å². The van der Waals surface area contributed by atoms with Gasteiger partial charge in [-0.15, -0.1) is 0 Å². The van der Waals surface area contributed by atoms with E-state index in [1.165, 1.54) is 13.0 Å². The van der Waals surface area contributed by atoms with Crippen LogP contribution in [0.4, 0.5) is 11.4 Å². The highest BCUT2D eigenvalue weighted by atomic mass is 35.5. The summed E-state index contributed by atoms with van der Waals surface area (Å²) < 4.78 is 26.1. The van der Waals surface area contributed by atoms with E-state index in [0.717, 1.165) is 17.0 Å². The van der Waals surface area contributed by atoms with Crippen LogP contribution in [-0.4, -0.2) is 30.4 Å². The number of nitrogens with one attached hydrogen (secondary N) is 2. The minimum Gasteiger partial charge on any atom is -0.324 e. The zero-order chi connectivity index (χ0) is 19.6. The van der Waals surface area contributed by atoms with Gasteiger partial charge in [0.25, 0.3) is 5.56 Å². The van der Waals surface area contributed by atoms with Gasteiger partial charge in [0.05, 0.1) is 17.0 Å². The molecule has 0 saturated heterocycles. The third kappa shape index (κ3) is 4.96. The van der Waals surface area contributed by atoms with Crippen molar-refractivity contribution in [2.45, 2.75) is 19.9 Å². The van der Waals surface area contributed by atoms with Crippen LogP contribution in [0.15, 0.2) is 29.1 Å². The van der Waals surface area contributed by atoms with Crippen molar-refractivity contribution < 1.29 is 13.2 Å². The number of aromatic nitrogens is 2. The van der Waals surface area contributed by atoms with Gasteiger partial charge in [-0.1, -0.05) is 29.3 Å². The van der Waals surface area contributed by atoms with Gasteiger partial charge in [-0.2, -0.15) is 5.10 Å². The molecule has 0 radical (unpaired) electrons. The lowest BCUT2D eigenvalue weighted by Gasteiger charge is -2.15. The van der Waals surface area contributed by atoms with Crippen LogP contribution in [0.25, 0.3) is 0 Å². The molecule has 0 bridgehead atoms. The molecule has 1 aromatic carbocycles. The molecule has 0 aliphatic rings. The van der Waals surface area contributed by atoms with E-state index in [0.29, 0.717) is 16.9 Å². The number of benzene rings is 1. The lowest BCUT2D eigenvalue weighted by molar-refractivity contribution is -0.119. The Kier molecular flexibility index (Phi) is 5.94. The first-order valence-corrected chi connectivity index (χ1v) is 9.97. The largest absolute Gasteiger partial charge is 0.324 e. The Morgan fingerprint density at radius 2 is 1.92 bits per heavy atom. The van der Waals surface area contributed by atoms with Crippen molar-refractivity contribution in [2.75, 3.05) is 16.3 Å². The number of carbonyl (C=O) groups is 1. The number of hydrogen-bond acceptors (Lipinski definition) is 5. The van der Waals surface area contributed by atoms with Crippen molar-refractivity contribution in [3.05, 3.63) is 50.4 Å². The van der Waals surface area contributed by atoms with Crippen LogP contribution in [-0.2, 0) is 14.8 Å². The van der Waals surface area contributed by atoms with Crippen molar-refractivity contribution in [2.24, 2.45) is 0 Å². The summed E-state index contributed by atoms with van der Waals surface area (Å²) in [5.74, 6) is -0.535. The Morgan fingerprint density at radius 1 is 1.27 bits per heavy atom. The molecule has 2 aromatic rings. The standard InChI is InChI=1S/C15H16Cl2N4O4S/c1-8-4-5-10(6-12(8)20-26(3,24)25)18-15(23)9(2)21-13(22)7-11(16)14(17)19-21/h4-7,9,20H,1-3H3,(H,18,23). The molecule has 1 unspecified atom stereocenters. The maximum atomic E-state index is 12.4. The number of anilines is 2. The predicted octanol–water partition coefficient (Wildman–Crippen LogP) is 2.43. The van der Waals surface area contributed by atoms with Crippen LogP contribution in [0.5, 0.6) is 0 Å². The third-order valence-electron chi connectivity index (χ3n) is 3.42. The summed E-state index contributed by atoms with van der Waals surface area (Å²) in [5.41, 5.74) is 0.795. The number of amides is 1. The van der Waals surface area contributed by atoms with Crippen molar-refractivity contribution in [3.63, 3.8) is 0 Å². The molecule has 0 saturated carbocycles. The Balaban J connectivity index is 2.26. The van der Waals surface area contributed by atoms with Crippen LogP contribution in [0.3, 0.4) is 0 Å². The van der Waals surface area contributed by atoms with Gasteiger partial charge >= 0.3 is 0 Å². The van der Waals surface area contributed by atoms with Crippen molar-refractivity contribution in [1.29, 1.82) is 0 Å². The quantitative estimate of drug-likeness (QED) is 0.774. The van der Waals surface area contributed by atoms with Crippen LogP contribution in [0, 0.1) is 6.92 Å². The normalized spacial score (nSPS) is 12.5. The second-order valence-electron chi connectivity index (χ2n) is 5.64. The molecule has 0 fully saturated rings. The maximum absolute atomic E-state index is 12.4. The summed E-state index contributed by atoms with van der Waals surface area (Å²) >= 11 is 11.5. The molecule has 1 atom stereocenters. The molecule has 0 aliphatic carbocycles. The third-order valence-corrected chi connectivity index (χ3v) is 4.67. The Bertz CT molecular complexity index is 1020. The van der Waals surface area contributed by atoms with E-state index < -0.39 is 27.5 Å². The second kappa shape index (κ2) is 7.65. The topological polar surface area (TPSA) is 110 Å². The lowest BCUT2D eigenvalue weighted by Crippen LogP contribution is -2.33. The van der Waals surface area contributed by atoms with Crippen LogP contribution in [0.1, 0.15) is 18.5 Å². The maximum Gasteiger partial charge on any atom is 0.269 e. The van der Waals surface area contributed by atoms with E-state index in [1.54, 1.807) is 19.1 Å². The highest BCUT2D eigenvalue weighted by molar-refractivity contribution is 7.92. The molecule has 1 amide bonds. The second-order valence-corrected chi connectivity index (χ2v) is 8.15. The van der Waals surface area contributed by atoms with Crippen molar-refractivity contribution in [1.82, 2.24) is 9.78 Å². The summed E-state index contributed by atoms with van der Waals surface area (Å²) in [6.07, 6.45) is 1.03. The predicted molar refractivity (Wildman–Crippen MR) is 102 cm³/mol. The zero-order valence-corrected chi connectivity index (χ0v) is 16.4. The highest BCUT2D eigenvalue weighted by Crippen LogP contribution is 2.22. The van der Waals surface area contributed by atoms with E-state index >= 15 is 0 Å². The smallest absolute Gasteiger partial charge is 0.269 e. The number of halogens is 2. The van der Waals surface area contributed by atoms with Crippen LogP contribution >= 0.6 is 23.2 Å². The molecule has 2 N–H and O–H groups in total. The van der Waals surface area contributed by atoms with Gasteiger partial charge in [-0.3, -0.25) is 14.3 Å². The Hall–Kier alpha value is -2.10. The summed E-state index contributed by atoms with van der Waals surface area (Å²) in [5, 5.41) is 6.30. The molecule has 1 heterocycles. The van der Waals surface area contributed by atoms with E-state index in [-0.39, 0.29) is 10.2 Å². The molecular weight excluding hydrogens is 403 g/mol. The number of rotatable bonds is 5. The highest BCUT2D eigenvalue weighted by Gasteiger charge is 2.19. The van der Waals surface area contributed by atoms with Gasteiger partial charge in [-0.25, -0.2) is 13.1 Å². The van der Waals surface area contributed by atoms with E-state index in [2.05, 4.69) is 15.1 Å². The molecule has 26 heavy (non-hydrogen) atoms. The van der Waals surface area contributed by atoms with E-state index in [9.17, 15) is 18.0 Å². The Morgan fingerprint density at radius 3 is 2.54 bits per heavy atom. The first-order chi connectivity index (χ1) is 12.0. The molecule has 2 rings (SSSR count). The summed E-state index contributed by atoms with van der Waals surface area (Å²) in [6, 6.07) is 4.84. The Labute approximate surface area is 160 Å². The van der Waals surface area contributed by atoms with Crippen LogP contribution in [0.2, 0.25) is 10.2 Å². The summed E-state index contributed by atoms with van der Waals surface area (Å²) in [6.45, 7) is 3.19. The number of hydrogen-bond donors (Lipinski definition) is 2. The number of aryl methyl sites for hydroxylation is 1. The minimum atomic E-state index is -3.46. The number of nitrogens with zero attached hydrogens (tertiary/aromatic N) is 2. The average molecular weight is 419 g/mol. The number of sulfonamides is 1. The monoisotopic (exact) mass is 418 g/mol. The van der Waals surface area contributed by atoms with Crippen LogP contribution < -0.4 is 15.6 Å². The fraction of sp³-hybridized carbons (Fsp3) is 0.267. The molecule has 11 heteroatoms. The lowest BCUT2D eigenvalue weighted by atomic mass is 10.2. The van der Waals surface area contributed by atoms with Crippen molar-refractivity contribution >= 4 is 50.5 Å². The minimum absolute atomic E-state index is 0.00412. The molecule has 0 spiro atoms. The SMILES string of the molecule is Cc1ccc(NC(=O)C(C)n2nc(Cl)c(Cl)cc2=O)cc1NS(C)(=O)=O. The van der Waals surface area contributed by atoms with Gasteiger partial charge in [0.15, 0.2) is 5.15 Å². The molecule has 140 valence electrons. The average Bonchev–Trinajstić information content (AvgIpc) is 2.52. The fourth-order valence-corrected chi connectivity index (χ4v) is 2.96. The van der Waals surface area contributed by atoms with E-state index in [4.69, 9.17) is 23.2 Å². The van der Waals surface area contributed by atoms with Gasteiger partial charge in [0, 0.05) is 11.8 Å². The first kappa shape index (κ1) is 20.2. The first-order valence-electron chi connectivity index (χ1n) is 7.32. The molecule has 0 aliphatic heterocycles. The van der Waals surface area contributed by atoms with E-state index in [1.807, 2.05) is 0 Å². The molecule has 8 nitrogen and oxygen atoms in total. The van der Waals surface area contributed by atoms with Gasteiger partial charge < -0.3 is 5.32 Å². The summed E-state index contributed by atoms with van der Waals surface area (Å²) in [4.78, 5) is 24.4. The van der Waals surface area contributed by atoms with Gasteiger partial charge in [-0.05, 0) is 31.5 Å². The zero-order valence-electron chi connectivity index (χ0n) is 14.1.